The predicted molar refractivity (Wildman–Crippen MR) is 76.3 cm³/mol. The van der Waals surface area contributed by atoms with Crippen LogP contribution in [0.25, 0.3) is 22.0 Å². The third kappa shape index (κ3) is 1.72. The first-order chi connectivity index (χ1) is 8.75. The van der Waals surface area contributed by atoms with Gasteiger partial charge in [-0.25, -0.2) is 0 Å². The second-order valence-corrected chi connectivity index (χ2v) is 4.40. The largest absolute Gasteiger partial charge is 0.397 e. The molecule has 0 saturated carbocycles. The Bertz CT molecular complexity index is 712. The number of benzene rings is 2. The van der Waals surface area contributed by atoms with Gasteiger partial charge in [0.2, 0.25) is 0 Å². The molecular formula is C16H14N2. The minimum atomic E-state index is 0.735. The molecule has 0 aliphatic rings. The first-order valence-corrected chi connectivity index (χ1v) is 5.97. The van der Waals surface area contributed by atoms with Gasteiger partial charge in [0, 0.05) is 5.56 Å². The van der Waals surface area contributed by atoms with Crippen molar-refractivity contribution in [3.8, 4) is 11.3 Å². The maximum absolute atomic E-state index is 5.82. The molecule has 0 radical (unpaired) electrons. The Hall–Kier alpha value is -2.35. The van der Waals surface area contributed by atoms with E-state index >= 15 is 0 Å². The molecule has 2 nitrogen and oxygen atoms in total. The van der Waals surface area contributed by atoms with Crippen LogP contribution in [0, 0.1) is 6.92 Å². The van der Waals surface area contributed by atoms with Crippen LogP contribution in [0.1, 0.15) is 5.69 Å². The highest BCUT2D eigenvalue weighted by atomic mass is 14.7. The molecule has 1 aromatic heterocycles. The number of hydrogen-bond donors (Lipinski definition) is 1. The van der Waals surface area contributed by atoms with E-state index in [0.29, 0.717) is 0 Å². The molecule has 0 atom stereocenters. The SMILES string of the molecule is Cc1nc(-c2cccc3ccccc23)ccc1N. The average Bonchev–Trinajstić information content (AvgIpc) is 2.41. The zero-order valence-corrected chi connectivity index (χ0v) is 10.2. The van der Waals surface area contributed by atoms with Crippen LogP contribution in [0.4, 0.5) is 5.69 Å². The smallest absolute Gasteiger partial charge is 0.0713 e. The lowest BCUT2D eigenvalue weighted by Gasteiger charge is -2.08. The summed E-state index contributed by atoms with van der Waals surface area (Å²) in [6.07, 6.45) is 0. The quantitative estimate of drug-likeness (QED) is 0.695. The van der Waals surface area contributed by atoms with Gasteiger partial charge < -0.3 is 5.73 Å². The number of nitrogen functional groups attached to an aromatic ring is 1. The Kier molecular flexibility index (Phi) is 2.49. The third-order valence-corrected chi connectivity index (χ3v) is 3.19. The number of rotatable bonds is 1. The lowest BCUT2D eigenvalue weighted by atomic mass is 10.0. The summed E-state index contributed by atoms with van der Waals surface area (Å²) >= 11 is 0. The second-order valence-electron chi connectivity index (χ2n) is 4.40. The van der Waals surface area contributed by atoms with Crippen LogP contribution in [0.2, 0.25) is 0 Å². The number of pyridine rings is 1. The number of aryl methyl sites for hydroxylation is 1. The van der Waals surface area contributed by atoms with Gasteiger partial charge in [-0.05, 0) is 29.8 Å². The van der Waals surface area contributed by atoms with Crippen LogP contribution >= 0.6 is 0 Å². The van der Waals surface area contributed by atoms with Crippen LogP contribution in [-0.4, -0.2) is 4.98 Å². The summed E-state index contributed by atoms with van der Waals surface area (Å²) in [7, 11) is 0. The van der Waals surface area contributed by atoms with Crippen LogP contribution in [0.5, 0.6) is 0 Å². The van der Waals surface area contributed by atoms with Crippen molar-refractivity contribution in [3.63, 3.8) is 0 Å². The molecule has 0 aliphatic heterocycles. The summed E-state index contributed by atoms with van der Waals surface area (Å²) in [5, 5.41) is 2.45. The van der Waals surface area contributed by atoms with Crippen molar-refractivity contribution in [2.75, 3.05) is 5.73 Å². The van der Waals surface area contributed by atoms with Gasteiger partial charge in [-0.3, -0.25) is 4.98 Å². The van der Waals surface area contributed by atoms with Crippen molar-refractivity contribution in [2.45, 2.75) is 6.92 Å². The lowest BCUT2D eigenvalue weighted by Crippen LogP contribution is -1.94. The van der Waals surface area contributed by atoms with Gasteiger partial charge in [-0.1, -0.05) is 42.5 Å². The zero-order chi connectivity index (χ0) is 12.5. The van der Waals surface area contributed by atoms with E-state index in [1.54, 1.807) is 0 Å². The Balaban J connectivity index is 2.28. The van der Waals surface area contributed by atoms with E-state index in [9.17, 15) is 0 Å². The molecule has 0 bridgehead atoms. The molecule has 2 heteroatoms. The molecular weight excluding hydrogens is 220 g/mol. The molecule has 2 N–H and O–H groups in total. The summed E-state index contributed by atoms with van der Waals surface area (Å²) < 4.78 is 0. The normalized spacial score (nSPS) is 10.7. The fraction of sp³-hybridized carbons (Fsp3) is 0.0625. The Morgan fingerprint density at radius 1 is 0.889 bits per heavy atom. The summed E-state index contributed by atoms with van der Waals surface area (Å²) in [4.78, 5) is 4.57. The van der Waals surface area contributed by atoms with E-state index < -0.39 is 0 Å². The van der Waals surface area contributed by atoms with Crippen molar-refractivity contribution in [1.82, 2.24) is 4.98 Å². The number of anilines is 1. The number of nitrogens with two attached hydrogens (primary N) is 1. The van der Waals surface area contributed by atoms with Crippen LogP contribution in [-0.2, 0) is 0 Å². The highest BCUT2D eigenvalue weighted by Gasteiger charge is 2.05. The van der Waals surface area contributed by atoms with Gasteiger partial charge in [-0.2, -0.15) is 0 Å². The van der Waals surface area contributed by atoms with Crippen molar-refractivity contribution in [2.24, 2.45) is 0 Å². The number of nitrogens with zero attached hydrogens (tertiary/aromatic N) is 1. The van der Waals surface area contributed by atoms with Crippen LogP contribution < -0.4 is 5.73 Å². The molecule has 3 rings (SSSR count). The lowest BCUT2D eigenvalue weighted by molar-refractivity contribution is 1.21. The van der Waals surface area contributed by atoms with Crippen molar-refractivity contribution >= 4 is 16.5 Å². The molecule has 0 saturated heterocycles. The van der Waals surface area contributed by atoms with Crippen molar-refractivity contribution < 1.29 is 0 Å². The van der Waals surface area contributed by atoms with E-state index in [2.05, 4.69) is 41.4 Å². The van der Waals surface area contributed by atoms with E-state index in [0.717, 1.165) is 22.6 Å². The van der Waals surface area contributed by atoms with Crippen molar-refractivity contribution in [1.29, 1.82) is 0 Å². The summed E-state index contributed by atoms with van der Waals surface area (Å²) in [5.41, 5.74) is 9.55. The summed E-state index contributed by atoms with van der Waals surface area (Å²) in [6.45, 7) is 1.93. The molecule has 18 heavy (non-hydrogen) atoms. The first-order valence-electron chi connectivity index (χ1n) is 5.97. The van der Waals surface area contributed by atoms with Gasteiger partial charge >= 0.3 is 0 Å². The zero-order valence-electron chi connectivity index (χ0n) is 10.2. The highest BCUT2D eigenvalue weighted by Crippen LogP contribution is 2.28. The number of aromatic nitrogens is 1. The molecule has 2 aromatic carbocycles. The molecule has 0 fully saturated rings. The number of fused-ring (bicyclic) bond motifs is 1. The minimum Gasteiger partial charge on any atom is -0.397 e. The molecule has 0 amide bonds. The molecule has 88 valence electrons. The number of hydrogen-bond acceptors (Lipinski definition) is 2. The standard InChI is InChI=1S/C16H14N2/c1-11-15(17)9-10-16(18-11)14-8-4-6-12-5-2-3-7-13(12)14/h2-10H,17H2,1H3. The first kappa shape index (κ1) is 10.8. The van der Waals surface area contributed by atoms with Gasteiger partial charge in [0.05, 0.1) is 17.1 Å². The third-order valence-electron chi connectivity index (χ3n) is 3.19. The molecule has 1 heterocycles. The topological polar surface area (TPSA) is 38.9 Å². The van der Waals surface area contributed by atoms with Crippen molar-refractivity contribution in [3.05, 3.63) is 60.3 Å². The van der Waals surface area contributed by atoms with E-state index in [-0.39, 0.29) is 0 Å². The fourth-order valence-corrected chi connectivity index (χ4v) is 2.17. The predicted octanol–water partition coefficient (Wildman–Crippen LogP) is 3.79. The summed E-state index contributed by atoms with van der Waals surface area (Å²) in [5.74, 6) is 0. The van der Waals surface area contributed by atoms with Gasteiger partial charge in [0.15, 0.2) is 0 Å². The molecule has 0 aliphatic carbocycles. The maximum atomic E-state index is 5.82. The fourth-order valence-electron chi connectivity index (χ4n) is 2.17. The minimum absolute atomic E-state index is 0.735. The van der Waals surface area contributed by atoms with Crippen LogP contribution in [0.15, 0.2) is 54.6 Å². The van der Waals surface area contributed by atoms with E-state index in [1.807, 2.05) is 25.1 Å². The Morgan fingerprint density at radius 2 is 1.67 bits per heavy atom. The second kappa shape index (κ2) is 4.15. The van der Waals surface area contributed by atoms with Gasteiger partial charge in [0.25, 0.3) is 0 Å². The summed E-state index contributed by atoms with van der Waals surface area (Å²) in [6, 6.07) is 18.5. The molecule has 0 unspecified atom stereocenters. The maximum Gasteiger partial charge on any atom is 0.0713 e. The molecule has 0 spiro atoms. The average molecular weight is 234 g/mol. The van der Waals surface area contributed by atoms with Crippen LogP contribution in [0.3, 0.4) is 0 Å². The van der Waals surface area contributed by atoms with Gasteiger partial charge in [-0.15, -0.1) is 0 Å². The molecule has 3 aromatic rings. The van der Waals surface area contributed by atoms with E-state index in [1.165, 1.54) is 10.8 Å². The monoisotopic (exact) mass is 234 g/mol. The van der Waals surface area contributed by atoms with Gasteiger partial charge in [0.1, 0.15) is 0 Å². The van der Waals surface area contributed by atoms with E-state index in [4.69, 9.17) is 5.73 Å². The highest BCUT2D eigenvalue weighted by molar-refractivity contribution is 5.95. The Labute approximate surface area is 106 Å². The Morgan fingerprint density at radius 3 is 2.50 bits per heavy atom.